The Hall–Kier alpha value is -2.30. The Morgan fingerprint density at radius 1 is 1.47 bits per heavy atom. The summed E-state index contributed by atoms with van der Waals surface area (Å²) >= 11 is 5.40. The van der Waals surface area contributed by atoms with Gasteiger partial charge in [-0.1, -0.05) is 28.7 Å². The number of hydrogen-bond acceptors (Lipinski definition) is 13. The molecule has 4 N–H and O–H groups in total. The van der Waals surface area contributed by atoms with E-state index < -0.39 is 29.2 Å². The molecule has 32 heavy (non-hydrogen) atoms. The molecule has 3 aliphatic heterocycles. The van der Waals surface area contributed by atoms with E-state index in [4.69, 9.17) is 10.6 Å². The van der Waals surface area contributed by atoms with Crippen molar-refractivity contribution in [2.45, 2.75) is 11.4 Å². The molecule has 3 aliphatic rings. The van der Waals surface area contributed by atoms with Gasteiger partial charge in [-0.05, 0) is 5.57 Å². The van der Waals surface area contributed by atoms with Crippen LogP contribution in [-0.4, -0.2) is 89.6 Å². The second-order valence-electron chi connectivity index (χ2n) is 6.48. The molecule has 12 nitrogen and oxygen atoms in total. The van der Waals surface area contributed by atoms with Crippen LogP contribution in [-0.2, 0) is 19.2 Å². The van der Waals surface area contributed by atoms with Gasteiger partial charge >= 0.3 is 5.97 Å². The lowest BCUT2D eigenvalue weighted by Crippen LogP contribution is -2.71. The van der Waals surface area contributed by atoms with E-state index in [-0.39, 0.29) is 22.4 Å². The number of β-lactam (4-membered cyclic amide) rings is 1. The Morgan fingerprint density at radius 3 is 2.91 bits per heavy atom. The molecule has 0 radical (unpaired) electrons. The van der Waals surface area contributed by atoms with Crippen LogP contribution in [0, 0.1) is 0 Å². The fraction of sp³-hybridized carbons (Fsp3) is 0.438. The van der Waals surface area contributed by atoms with E-state index in [9.17, 15) is 19.5 Å². The van der Waals surface area contributed by atoms with Gasteiger partial charge in [0, 0.05) is 28.8 Å². The summed E-state index contributed by atoms with van der Waals surface area (Å²) in [6, 6.07) is -0.913. The SMILES string of the molecule is CON=C(C(=O)NC1C(=O)N2C(C(=O)O)=C(CSC3=NCCS3)CS[C@H]12)c1nsc(N)n1. The predicted molar refractivity (Wildman–Crippen MR) is 125 cm³/mol. The number of carbonyl (C=O) groups is 3. The van der Waals surface area contributed by atoms with Crippen molar-refractivity contribution in [1.29, 1.82) is 0 Å². The van der Waals surface area contributed by atoms with E-state index in [1.807, 2.05) is 0 Å². The second kappa shape index (κ2) is 9.68. The topological polar surface area (TPSA) is 172 Å². The maximum Gasteiger partial charge on any atom is 0.352 e. The van der Waals surface area contributed by atoms with Crippen molar-refractivity contribution in [2.24, 2.45) is 10.1 Å². The highest BCUT2D eigenvalue weighted by atomic mass is 32.2. The van der Waals surface area contributed by atoms with Crippen molar-refractivity contribution >= 4 is 79.8 Å². The molecule has 4 rings (SSSR count). The van der Waals surface area contributed by atoms with Crippen LogP contribution >= 0.6 is 46.8 Å². The summed E-state index contributed by atoms with van der Waals surface area (Å²) in [6.07, 6.45) is 0. The zero-order chi connectivity index (χ0) is 22.8. The number of thioether (sulfide) groups is 3. The molecule has 0 bridgehead atoms. The lowest BCUT2D eigenvalue weighted by atomic mass is 10.0. The molecule has 0 aliphatic carbocycles. The van der Waals surface area contributed by atoms with Crippen LogP contribution in [0.1, 0.15) is 5.82 Å². The first-order valence-corrected chi connectivity index (χ1v) is 12.9. The maximum atomic E-state index is 12.8. The third-order valence-corrected chi connectivity index (χ3v) is 8.74. The van der Waals surface area contributed by atoms with Crippen molar-refractivity contribution in [3.05, 3.63) is 17.1 Å². The number of nitrogens with one attached hydrogen (secondary N) is 1. The minimum atomic E-state index is -1.17. The quantitative estimate of drug-likeness (QED) is 0.254. The van der Waals surface area contributed by atoms with Crippen molar-refractivity contribution in [3.63, 3.8) is 0 Å². The highest BCUT2D eigenvalue weighted by molar-refractivity contribution is 8.39. The Kier molecular flexibility index (Phi) is 6.92. The third kappa shape index (κ3) is 4.44. The number of nitrogens with zero attached hydrogens (tertiary/aromatic N) is 5. The zero-order valence-electron chi connectivity index (χ0n) is 16.5. The Morgan fingerprint density at radius 2 is 2.28 bits per heavy atom. The number of carbonyl (C=O) groups excluding carboxylic acids is 2. The van der Waals surface area contributed by atoms with Gasteiger partial charge in [0.25, 0.3) is 11.8 Å². The van der Waals surface area contributed by atoms with Crippen LogP contribution in [0.4, 0.5) is 5.13 Å². The van der Waals surface area contributed by atoms with Crippen LogP contribution in [0.25, 0.3) is 0 Å². The van der Waals surface area contributed by atoms with Gasteiger partial charge in [0.2, 0.25) is 11.5 Å². The Bertz CT molecular complexity index is 1060. The van der Waals surface area contributed by atoms with Gasteiger partial charge in [0.15, 0.2) is 5.13 Å². The predicted octanol–water partition coefficient (Wildman–Crippen LogP) is 0.0454. The van der Waals surface area contributed by atoms with E-state index in [0.717, 1.165) is 28.2 Å². The van der Waals surface area contributed by atoms with E-state index in [1.165, 1.54) is 35.5 Å². The smallest absolute Gasteiger partial charge is 0.352 e. The number of oxime groups is 1. The monoisotopic (exact) mass is 515 g/mol. The number of aromatic nitrogens is 2. The van der Waals surface area contributed by atoms with Crippen LogP contribution in [0.5, 0.6) is 0 Å². The number of anilines is 1. The second-order valence-corrected chi connectivity index (χ2v) is 10.7. The number of aliphatic carboxylic acids is 1. The van der Waals surface area contributed by atoms with Gasteiger partial charge < -0.3 is 21.0 Å². The lowest BCUT2D eigenvalue weighted by molar-refractivity contribution is -0.150. The number of fused-ring (bicyclic) bond motifs is 1. The normalized spacial score (nSPS) is 22.9. The molecule has 0 aromatic carbocycles. The molecule has 0 saturated carbocycles. The molecule has 170 valence electrons. The minimum Gasteiger partial charge on any atom is -0.477 e. The Labute approximate surface area is 198 Å². The van der Waals surface area contributed by atoms with Crippen LogP contribution in [0.15, 0.2) is 21.4 Å². The summed E-state index contributed by atoms with van der Waals surface area (Å²) in [5, 5.41) is 15.6. The van der Waals surface area contributed by atoms with Gasteiger partial charge in [-0.3, -0.25) is 19.5 Å². The molecular formula is C16H17N7O5S4. The van der Waals surface area contributed by atoms with Gasteiger partial charge in [-0.2, -0.15) is 9.36 Å². The molecule has 0 spiro atoms. The number of amides is 2. The molecule has 1 aromatic heterocycles. The van der Waals surface area contributed by atoms with E-state index >= 15 is 0 Å². The molecule has 16 heteroatoms. The number of carboxylic acid groups (broad SMARTS) is 1. The summed E-state index contributed by atoms with van der Waals surface area (Å²) in [6.45, 7) is 0.762. The van der Waals surface area contributed by atoms with Crippen molar-refractivity contribution in [3.8, 4) is 0 Å². The first kappa shape index (κ1) is 22.9. The molecule has 4 heterocycles. The summed E-state index contributed by atoms with van der Waals surface area (Å²) in [4.78, 5) is 51.7. The number of aliphatic imine (C=N–C) groups is 1. The average Bonchev–Trinajstić information content (AvgIpc) is 3.45. The highest BCUT2D eigenvalue weighted by Crippen LogP contribution is 2.41. The zero-order valence-corrected chi connectivity index (χ0v) is 19.8. The van der Waals surface area contributed by atoms with Crippen LogP contribution < -0.4 is 11.1 Å². The van der Waals surface area contributed by atoms with E-state index in [2.05, 4.69) is 24.8 Å². The molecule has 2 atom stereocenters. The summed E-state index contributed by atoms with van der Waals surface area (Å²) in [5.41, 5.74) is 5.96. The van der Waals surface area contributed by atoms with Crippen LogP contribution in [0.3, 0.4) is 0 Å². The van der Waals surface area contributed by atoms with E-state index in [1.54, 1.807) is 11.8 Å². The fourth-order valence-corrected chi connectivity index (χ4v) is 7.09. The van der Waals surface area contributed by atoms with Gasteiger partial charge in [0.05, 0.1) is 6.54 Å². The average molecular weight is 516 g/mol. The third-order valence-electron chi connectivity index (χ3n) is 4.52. The molecule has 1 saturated heterocycles. The first-order chi connectivity index (χ1) is 15.4. The van der Waals surface area contributed by atoms with Gasteiger partial charge in [0.1, 0.15) is 28.6 Å². The lowest BCUT2D eigenvalue weighted by Gasteiger charge is -2.49. The molecular weight excluding hydrogens is 498 g/mol. The molecule has 1 unspecified atom stereocenters. The number of rotatable bonds is 7. The fourth-order valence-electron chi connectivity index (χ4n) is 3.16. The molecule has 1 fully saturated rings. The van der Waals surface area contributed by atoms with Crippen LogP contribution in [0.2, 0.25) is 0 Å². The number of hydrogen-bond donors (Lipinski definition) is 3. The van der Waals surface area contributed by atoms with Crippen molar-refractivity contribution < 1.29 is 24.3 Å². The first-order valence-electron chi connectivity index (χ1n) is 9.12. The number of carboxylic acids is 1. The summed E-state index contributed by atoms with van der Waals surface area (Å²) < 4.78 is 4.87. The van der Waals surface area contributed by atoms with Gasteiger partial charge in [-0.25, -0.2) is 4.79 Å². The van der Waals surface area contributed by atoms with Gasteiger partial charge in [-0.15, -0.1) is 11.8 Å². The van der Waals surface area contributed by atoms with E-state index in [0.29, 0.717) is 17.1 Å². The maximum absolute atomic E-state index is 12.8. The standard InChI is InChI=1S/C16H17N7O5S4/c1-28-21-7(10-20-15(17)32-22-10)11(24)19-8-12(25)23-9(14(26)27)6(4-30-13(8)23)5-31-16-18-2-3-29-16/h8,13H,2-5H2,1H3,(H,19,24)(H,26,27)(H2,17,20,22)/t8?,13-/m1/s1. The highest BCUT2D eigenvalue weighted by Gasteiger charge is 2.54. The molecule has 2 amide bonds. The van der Waals surface area contributed by atoms with Crippen molar-refractivity contribution in [1.82, 2.24) is 19.6 Å². The molecule has 1 aromatic rings. The Balaban J connectivity index is 1.48. The largest absolute Gasteiger partial charge is 0.477 e. The number of nitrogen functional groups attached to an aromatic ring is 1. The van der Waals surface area contributed by atoms with Crippen molar-refractivity contribution in [2.75, 3.05) is 36.6 Å². The summed E-state index contributed by atoms with van der Waals surface area (Å²) in [7, 11) is 1.26. The minimum absolute atomic E-state index is 0.0232. The number of nitrogens with two attached hydrogens (primary N) is 1. The summed E-state index contributed by atoms with van der Waals surface area (Å²) in [5.74, 6) is -0.634.